The van der Waals surface area contributed by atoms with Gasteiger partial charge in [-0.3, -0.25) is 57.6 Å². The van der Waals surface area contributed by atoms with E-state index in [4.69, 9.17) is 16.3 Å². The number of hydrogen-bond acceptors (Lipinski definition) is 14. The Hall–Kier alpha value is -7.27. The average molecular weight is 1480 g/mol. The van der Waals surface area contributed by atoms with Crippen LogP contribution in [0.15, 0.2) is 78.9 Å². The van der Waals surface area contributed by atoms with Gasteiger partial charge in [0.1, 0.15) is 54.6 Å². The van der Waals surface area contributed by atoms with E-state index < -0.39 is 151 Å². The first kappa shape index (κ1) is 78.7. The van der Waals surface area contributed by atoms with Crippen molar-refractivity contribution >= 4 is 99.2 Å². The summed E-state index contributed by atoms with van der Waals surface area (Å²) in [5.74, 6) is -7.87. The Morgan fingerprint density at radius 3 is 1.86 bits per heavy atom. The van der Waals surface area contributed by atoms with Crippen molar-refractivity contribution in [3.8, 4) is 0 Å². The van der Waals surface area contributed by atoms with Gasteiger partial charge in [0.05, 0.1) is 32.2 Å². The molecular formula is C70H100ClIN12O13. The molecule has 4 N–H and O–H groups in total. The number of aliphatic hydroxyl groups is 1. The van der Waals surface area contributed by atoms with E-state index in [-0.39, 0.29) is 57.7 Å². The normalized spacial score (nSPS) is 25.9. The van der Waals surface area contributed by atoms with Crippen LogP contribution in [0.4, 0.5) is 0 Å². The molecule has 25 nitrogen and oxygen atoms in total. The zero-order valence-corrected chi connectivity index (χ0v) is 61.3. The summed E-state index contributed by atoms with van der Waals surface area (Å²) in [4.78, 5) is 175. The number of halogens is 2. The summed E-state index contributed by atoms with van der Waals surface area (Å²) in [6.07, 6.45) is -0.907. The molecule has 27 heteroatoms. The highest BCUT2D eigenvalue weighted by Crippen LogP contribution is 2.28. The van der Waals surface area contributed by atoms with Crippen LogP contribution in [-0.4, -0.2) is 270 Å². The maximum atomic E-state index is 15.6. The van der Waals surface area contributed by atoms with Gasteiger partial charge in [-0.25, -0.2) is 0 Å². The molecule has 532 valence electrons. The van der Waals surface area contributed by atoms with Gasteiger partial charge in [-0.2, -0.15) is 0 Å². The summed E-state index contributed by atoms with van der Waals surface area (Å²) in [6.45, 7) is 10.1. The third-order valence-electron chi connectivity index (χ3n) is 18.9. The molecule has 6 rings (SSSR count). The fourth-order valence-corrected chi connectivity index (χ4v) is 13.2. The maximum absolute atomic E-state index is 15.6. The van der Waals surface area contributed by atoms with Gasteiger partial charge >= 0.3 is 0 Å². The molecule has 0 aromatic heterocycles. The number of rotatable bonds is 13. The van der Waals surface area contributed by atoms with Gasteiger partial charge < -0.3 is 65.0 Å². The SMILES string of the molecule is CCO[C@@H]1C[C@H]2C(=O)N(C)[C@@H](Cc3ccccc3)C(=O)N(C)[C@@H](CC(C)C)C(=O)N[C@H](C(=O)N3CCCC3)CC(=O)N(C)[C@@H](C)C(=O)N[C@@H]([C@@H](C)CC)C(=O)N(C)CC(O)N(C)CC(=O)N(C)[C@@H](Cc3ccc(Cl)cc3)C(=O)N(C)CC(=O)N[C@@H](Cc3cccc(I)c3)C(=O)N2C1. The molecule has 3 aliphatic rings. The van der Waals surface area contributed by atoms with Crippen LogP contribution in [0.25, 0.3) is 0 Å². The van der Waals surface area contributed by atoms with Crippen molar-refractivity contribution in [2.24, 2.45) is 11.8 Å². The third-order valence-corrected chi connectivity index (χ3v) is 19.8. The van der Waals surface area contributed by atoms with E-state index >= 15 is 19.2 Å². The number of aliphatic hydroxyl groups excluding tert-OH is 1. The number of benzene rings is 3. The summed E-state index contributed by atoms with van der Waals surface area (Å²) < 4.78 is 6.97. The number of likely N-dealkylation sites (tertiary alicyclic amines) is 1. The fourth-order valence-electron chi connectivity index (χ4n) is 12.5. The molecule has 3 aliphatic heterocycles. The lowest BCUT2D eigenvalue weighted by Gasteiger charge is -2.38. The molecule has 0 bridgehead atoms. The highest BCUT2D eigenvalue weighted by Gasteiger charge is 2.47. The Kier molecular flexibility index (Phi) is 29.6. The van der Waals surface area contributed by atoms with E-state index in [9.17, 15) is 38.7 Å². The molecule has 3 saturated heterocycles. The summed E-state index contributed by atoms with van der Waals surface area (Å²) in [5.41, 5.74) is 1.96. The van der Waals surface area contributed by atoms with Gasteiger partial charge in [0.25, 0.3) is 0 Å². The Morgan fingerprint density at radius 2 is 1.25 bits per heavy atom. The molecule has 3 aromatic carbocycles. The molecule has 1 unspecified atom stereocenters. The van der Waals surface area contributed by atoms with E-state index in [1.807, 2.05) is 39.0 Å². The molecule has 3 heterocycles. The topological polar surface area (TPSA) is 282 Å². The minimum absolute atomic E-state index is 0.0134. The number of β-amino-alcohol motifs (C(OH)–C–C–N with tert-alkyl or cyclic N) is 1. The smallest absolute Gasteiger partial charge is 0.246 e. The van der Waals surface area contributed by atoms with Crippen LogP contribution in [-0.2, 0) is 76.7 Å². The number of fused-ring (bicyclic) bond motifs is 1. The van der Waals surface area contributed by atoms with Gasteiger partial charge in [-0.1, -0.05) is 100 Å². The Morgan fingerprint density at radius 1 is 0.639 bits per heavy atom. The Labute approximate surface area is 589 Å². The largest absolute Gasteiger partial charge is 0.377 e. The molecule has 3 aromatic rings. The van der Waals surface area contributed by atoms with Crippen LogP contribution >= 0.6 is 34.2 Å². The Bertz CT molecular complexity index is 3250. The van der Waals surface area contributed by atoms with Gasteiger partial charge in [0, 0.05) is 103 Å². The number of carbonyl (C=O) groups is 11. The van der Waals surface area contributed by atoms with Crippen LogP contribution in [0.3, 0.4) is 0 Å². The van der Waals surface area contributed by atoms with Crippen molar-refractivity contribution in [2.45, 2.75) is 160 Å². The van der Waals surface area contributed by atoms with Gasteiger partial charge in [-0.05, 0) is 116 Å². The Balaban J connectivity index is 1.45. The zero-order valence-electron chi connectivity index (χ0n) is 58.4. The molecule has 97 heavy (non-hydrogen) atoms. The van der Waals surface area contributed by atoms with Crippen molar-refractivity contribution in [1.29, 1.82) is 0 Å². The molecule has 0 radical (unpaired) electrons. The van der Waals surface area contributed by atoms with Crippen LogP contribution in [0.1, 0.15) is 96.8 Å². The lowest BCUT2D eigenvalue weighted by molar-refractivity contribution is -0.152. The molecule has 11 atom stereocenters. The highest BCUT2D eigenvalue weighted by atomic mass is 127. The highest BCUT2D eigenvalue weighted by molar-refractivity contribution is 14.1. The maximum Gasteiger partial charge on any atom is 0.246 e. The number of hydrogen-bond donors (Lipinski definition) is 4. The molecule has 3 fully saturated rings. The van der Waals surface area contributed by atoms with Gasteiger partial charge in [0.15, 0.2) is 0 Å². The third kappa shape index (κ3) is 21.4. The predicted octanol–water partition coefficient (Wildman–Crippen LogP) is 3.05. The van der Waals surface area contributed by atoms with Crippen molar-refractivity contribution in [1.82, 2.24) is 60.0 Å². The lowest BCUT2D eigenvalue weighted by atomic mass is 9.97. The number of ether oxygens (including phenoxy) is 1. The van der Waals surface area contributed by atoms with Crippen molar-refractivity contribution in [3.05, 3.63) is 104 Å². The number of carbonyl (C=O) groups excluding carboxylic acids is 11. The molecule has 0 saturated carbocycles. The molecule has 11 amide bonds. The zero-order chi connectivity index (χ0) is 71.7. The standard InChI is InChI=1S/C70H100ClIN12O13/c1-14-44(5)62-70(96)78(9)41-60(87)76(7)42-61(88)80(11)55(36-47-26-28-49(71)29-27-47)67(93)77(8)40-58(85)73-52(34-48-24-21-25-50(72)33-48)66(92)84-39-51(97-15-2)37-57(84)69(95)82(13)56(35-46-22-17-16-18-23-46)68(94)81(12)54(32-43(3)4)64(90)74-53(65(91)83-30-19-20-31-83)38-59(86)79(10)45(6)63(89)75-62/h16-18,21-29,33,43-45,51-57,60,62,87H,14-15,19-20,30-32,34-42H2,1-13H3,(H,73,85)(H,74,90)(H,75,89)/t44-,45-,51+,52-,53-,54-,55-,56-,57-,60?,62-/m0/s1. The van der Waals surface area contributed by atoms with E-state index in [0.717, 1.165) is 13.4 Å². The minimum Gasteiger partial charge on any atom is -0.377 e. The van der Waals surface area contributed by atoms with E-state index in [0.29, 0.717) is 54.1 Å². The van der Waals surface area contributed by atoms with Crippen LogP contribution in [0.5, 0.6) is 0 Å². The summed E-state index contributed by atoms with van der Waals surface area (Å²) in [7, 11) is 10.0. The van der Waals surface area contributed by atoms with Crippen molar-refractivity contribution in [2.75, 3.05) is 95.2 Å². The fraction of sp³-hybridized carbons (Fsp3) is 0.586. The van der Waals surface area contributed by atoms with E-state index in [1.54, 1.807) is 79.4 Å². The lowest BCUT2D eigenvalue weighted by Crippen LogP contribution is -2.60. The van der Waals surface area contributed by atoms with Gasteiger partial charge in [0.2, 0.25) is 65.0 Å². The van der Waals surface area contributed by atoms with Crippen molar-refractivity contribution < 1.29 is 62.6 Å². The van der Waals surface area contributed by atoms with Gasteiger partial charge in [-0.15, -0.1) is 0 Å². The first-order valence-electron chi connectivity index (χ1n) is 33.4. The minimum atomic E-state index is -1.45. The van der Waals surface area contributed by atoms with Crippen molar-refractivity contribution in [3.63, 3.8) is 0 Å². The average Bonchev–Trinajstić information content (AvgIpc) is 1.74. The molecule has 0 aliphatic carbocycles. The number of nitrogens with zero attached hydrogens (tertiary/aromatic N) is 9. The number of nitrogens with one attached hydrogen (secondary N) is 3. The van der Waals surface area contributed by atoms with E-state index in [2.05, 4.69) is 38.5 Å². The first-order valence-corrected chi connectivity index (χ1v) is 34.9. The quantitative estimate of drug-likeness (QED) is 0.179. The molecular weight excluding hydrogens is 1380 g/mol. The second-order valence-electron chi connectivity index (χ2n) is 26.5. The number of amides is 11. The van der Waals surface area contributed by atoms with Crippen LogP contribution in [0.2, 0.25) is 5.02 Å². The second-order valence-corrected chi connectivity index (χ2v) is 28.2. The summed E-state index contributed by atoms with van der Waals surface area (Å²) in [6, 6.07) is 12.8. The summed E-state index contributed by atoms with van der Waals surface area (Å²) in [5, 5.41) is 20.6. The van der Waals surface area contributed by atoms with E-state index in [1.165, 1.54) is 85.7 Å². The monoisotopic (exact) mass is 1480 g/mol. The molecule has 0 spiro atoms. The van der Waals surface area contributed by atoms with Crippen LogP contribution < -0.4 is 16.0 Å². The van der Waals surface area contributed by atoms with Crippen LogP contribution in [0, 0.1) is 15.4 Å². The summed E-state index contributed by atoms with van der Waals surface area (Å²) >= 11 is 8.41. The predicted molar refractivity (Wildman–Crippen MR) is 375 cm³/mol. The first-order chi connectivity index (χ1) is 45.8. The second kappa shape index (κ2) is 36.5. The number of likely N-dealkylation sites (N-methyl/N-ethyl adjacent to an activating group) is 7.